The van der Waals surface area contributed by atoms with Crippen molar-refractivity contribution in [3.8, 4) is 0 Å². The van der Waals surface area contributed by atoms with Gasteiger partial charge in [0, 0.05) is 5.75 Å². The summed E-state index contributed by atoms with van der Waals surface area (Å²) >= 11 is 1.30. The second-order valence-electron chi connectivity index (χ2n) is 3.53. The number of rotatable bonds is 4. The summed E-state index contributed by atoms with van der Waals surface area (Å²) in [6.45, 7) is 4.12. The van der Waals surface area contributed by atoms with Crippen LogP contribution in [0.2, 0.25) is 0 Å². The summed E-state index contributed by atoms with van der Waals surface area (Å²) in [5, 5.41) is 0.448. The van der Waals surface area contributed by atoms with E-state index in [0.29, 0.717) is 36.0 Å². The van der Waals surface area contributed by atoms with Crippen molar-refractivity contribution in [3.05, 3.63) is 10.6 Å². The SMILES string of the molecule is CCOC(=O)C1=C(N)SCC(C(=O)OCC)C1. The molecule has 0 aromatic rings. The first-order chi connectivity index (χ1) is 8.10. The van der Waals surface area contributed by atoms with Crippen molar-refractivity contribution in [3.63, 3.8) is 0 Å². The molecule has 0 bridgehead atoms. The molecule has 6 heteroatoms. The Balaban J connectivity index is 2.70. The smallest absolute Gasteiger partial charge is 0.336 e. The van der Waals surface area contributed by atoms with Crippen molar-refractivity contribution in [1.82, 2.24) is 0 Å². The van der Waals surface area contributed by atoms with Crippen LogP contribution in [0.15, 0.2) is 10.6 Å². The molecule has 1 rings (SSSR count). The van der Waals surface area contributed by atoms with Gasteiger partial charge in [-0.1, -0.05) is 0 Å². The topological polar surface area (TPSA) is 78.6 Å². The third-order valence-corrected chi connectivity index (χ3v) is 3.46. The average molecular weight is 259 g/mol. The lowest BCUT2D eigenvalue weighted by Crippen LogP contribution is -2.28. The summed E-state index contributed by atoms with van der Waals surface area (Å²) in [4.78, 5) is 23.2. The predicted octanol–water partition coefficient (Wildman–Crippen LogP) is 1.04. The van der Waals surface area contributed by atoms with Crippen LogP contribution in [0.1, 0.15) is 20.3 Å². The molecule has 0 amide bonds. The maximum atomic E-state index is 11.6. The van der Waals surface area contributed by atoms with E-state index >= 15 is 0 Å². The average Bonchev–Trinajstić information content (AvgIpc) is 2.30. The fraction of sp³-hybridized carbons (Fsp3) is 0.636. The molecule has 1 aliphatic rings. The highest BCUT2D eigenvalue weighted by Crippen LogP contribution is 2.31. The lowest BCUT2D eigenvalue weighted by atomic mass is 10.0. The third-order valence-electron chi connectivity index (χ3n) is 2.33. The summed E-state index contributed by atoms with van der Waals surface area (Å²) in [6.07, 6.45) is 0.302. The summed E-state index contributed by atoms with van der Waals surface area (Å²) in [5.41, 5.74) is 6.13. The molecule has 0 aromatic carbocycles. The van der Waals surface area contributed by atoms with Crippen molar-refractivity contribution in [2.75, 3.05) is 19.0 Å². The van der Waals surface area contributed by atoms with E-state index in [4.69, 9.17) is 15.2 Å². The van der Waals surface area contributed by atoms with Crippen LogP contribution in [0.4, 0.5) is 0 Å². The Morgan fingerprint density at radius 3 is 2.59 bits per heavy atom. The molecule has 1 unspecified atom stereocenters. The monoisotopic (exact) mass is 259 g/mol. The summed E-state index contributed by atoms with van der Waals surface area (Å²) in [5.74, 6) is -0.486. The number of esters is 2. The first-order valence-corrected chi connectivity index (χ1v) is 6.53. The first kappa shape index (κ1) is 13.9. The quantitative estimate of drug-likeness (QED) is 0.760. The van der Waals surface area contributed by atoms with Gasteiger partial charge in [0.25, 0.3) is 0 Å². The number of ether oxygens (including phenoxy) is 2. The standard InChI is InChI=1S/C11H17NO4S/c1-3-15-10(13)7-5-8(9(12)17-6-7)11(14)16-4-2/h7H,3-6,12H2,1-2H3. The van der Waals surface area contributed by atoms with E-state index in [1.807, 2.05) is 0 Å². The third kappa shape index (κ3) is 3.66. The maximum absolute atomic E-state index is 11.6. The van der Waals surface area contributed by atoms with Crippen LogP contribution in [0.5, 0.6) is 0 Å². The van der Waals surface area contributed by atoms with Crippen molar-refractivity contribution in [1.29, 1.82) is 0 Å². The molecule has 1 heterocycles. The van der Waals surface area contributed by atoms with Crippen LogP contribution < -0.4 is 5.73 Å². The molecule has 0 saturated carbocycles. The molecule has 0 fully saturated rings. The Morgan fingerprint density at radius 2 is 2.00 bits per heavy atom. The molecule has 0 aliphatic carbocycles. The number of thioether (sulfide) groups is 1. The summed E-state index contributed by atoms with van der Waals surface area (Å²) in [7, 11) is 0. The molecule has 0 aromatic heterocycles. The van der Waals surface area contributed by atoms with Crippen molar-refractivity contribution in [2.24, 2.45) is 11.7 Å². The van der Waals surface area contributed by atoms with Gasteiger partial charge in [0.05, 0.1) is 29.7 Å². The van der Waals surface area contributed by atoms with Gasteiger partial charge in [0.1, 0.15) is 0 Å². The minimum Gasteiger partial charge on any atom is -0.466 e. The zero-order valence-corrected chi connectivity index (χ0v) is 10.8. The molecule has 5 nitrogen and oxygen atoms in total. The van der Waals surface area contributed by atoms with E-state index < -0.39 is 5.97 Å². The summed E-state index contributed by atoms with van der Waals surface area (Å²) < 4.78 is 9.83. The maximum Gasteiger partial charge on any atom is 0.336 e. The molecule has 17 heavy (non-hydrogen) atoms. The second kappa shape index (κ2) is 6.54. The minimum atomic E-state index is -0.438. The Hall–Kier alpha value is -1.17. The van der Waals surface area contributed by atoms with E-state index in [1.54, 1.807) is 13.8 Å². The van der Waals surface area contributed by atoms with Crippen LogP contribution >= 0.6 is 11.8 Å². The Kier molecular flexibility index (Phi) is 5.34. The van der Waals surface area contributed by atoms with Gasteiger partial charge in [0.2, 0.25) is 0 Å². The van der Waals surface area contributed by atoms with E-state index in [1.165, 1.54) is 11.8 Å². The van der Waals surface area contributed by atoms with E-state index in [0.717, 1.165) is 0 Å². The Labute approximate surface area is 105 Å². The predicted molar refractivity (Wildman–Crippen MR) is 65.0 cm³/mol. The molecule has 2 N–H and O–H groups in total. The highest BCUT2D eigenvalue weighted by molar-refractivity contribution is 8.03. The first-order valence-electron chi connectivity index (χ1n) is 5.55. The van der Waals surface area contributed by atoms with Gasteiger partial charge in [-0.15, -0.1) is 11.8 Å². The molecule has 1 aliphatic heterocycles. The normalized spacial score (nSPS) is 20.0. The van der Waals surface area contributed by atoms with Gasteiger partial charge < -0.3 is 15.2 Å². The number of carbonyl (C=O) groups excluding carboxylic acids is 2. The number of hydrogen-bond acceptors (Lipinski definition) is 6. The molecule has 0 radical (unpaired) electrons. The van der Waals surface area contributed by atoms with Crippen LogP contribution in [0, 0.1) is 5.92 Å². The Morgan fingerprint density at radius 1 is 1.35 bits per heavy atom. The molecule has 0 saturated heterocycles. The number of hydrogen-bond donors (Lipinski definition) is 1. The molecule has 0 spiro atoms. The molecule has 1 atom stereocenters. The van der Waals surface area contributed by atoms with Crippen LogP contribution in [0.3, 0.4) is 0 Å². The van der Waals surface area contributed by atoms with Gasteiger partial charge in [-0.25, -0.2) is 4.79 Å². The van der Waals surface area contributed by atoms with Gasteiger partial charge in [0.15, 0.2) is 0 Å². The highest BCUT2D eigenvalue weighted by atomic mass is 32.2. The van der Waals surface area contributed by atoms with Crippen LogP contribution in [-0.2, 0) is 19.1 Å². The fourth-order valence-corrected chi connectivity index (χ4v) is 2.47. The van der Waals surface area contributed by atoms with E-state index in [2.05, 4.69) is 0 Å². The summed E-state index contributed by atoms with van der Waals surface area (Å²) in [6, 6.07) is 0. The van der Waals surface area contributed by atoms with Crippen LogP contribution in [-0.4, -0.2) is 30.9 Å². The molecular weight excluding hydrogens is 242 g/mol. The zero-order valence-electron chi connectivity index (χ0n) is 10.0. The van der Waals surface area contributed by atoms with Crippen molar-refractivity contribution >= 4 is 23.7 Å². The van der Waals surface area contributed by atoms with Gasteiger partial charge in [-0.05, 0) is 20.3 Å². The van der Waals surface area contributed by atoms with E-state index in [9.17, 15) is 9.59 Å². The largest absolute Gasteiger partial charge is 0.466 e. The lowest BCUT2D eigenvalue weighted by molar-refractivity contribution is -0.147. The van der Waals surface area contributed by atoms with Gasteiger partial charge in [-0.2, -0.15) is 0 Å². The number of carbonyl (C=O) groups is 2. The van der Waals surface area contributed by atoms with Crippen molar-refractivity contribution in [2.45, 2.75) is 20.3 Å². The fourth-order valence-electron chi connectivity index (χ4n) is 1.50. The lowest BCUT2D eigenvalue weighted by Gasteiger charge is -2.22. The highest BCUT2D eigenvalue weighted by Gasteiger charge is 2.30. The minimum absolute atomic E-state index is 0.283. The Bertz CT molecular complexity index is 340. The molecule has 96 valence electrons. The van der Waals surface area contributed by atoms with Crippen LogP contribution in [0.25, 0.3) is 0 Å². The molecular formula is C11H17NO4S. The van der Waals surface area contributed by atoms with Crippen molar-refractivity contribution < 1.29 is 19.1 Å². The van der Waals surface area contributed by atoms with E-state index in [-0.39, 0.29) is 11.9 Å². The number of nitrogens with two attached hydrogens (primary N) is 1. The zero-order chi connectivity index (χ0) is 12.8. The second-order valence-corrected chi connectivity index (χ2v) is 4.59. The van der Waals surface area contributed by atoms with Gasteiger partial charge >= 0.3 is 11.9 Å². The van der Waals surface area contributed by atoms with Gasteiger partial charge in [-0.3, -0.25) is 4.79 Å².